The van der Waals surface area contributed by atoms with Gasteiger partial charge in [0.05, 0.1) is 16.9 Å². The number of nitrogens with one attached hydrogen (secondary N) is 1. The van der Waals surface area contributed by atoms with Crippen LogP contribution in [-0.4, -0.2) is 34.3 Å². The van der Waals surface area contributed by atoms with Crippen molar-refractivity contribution in [3.8, 4) is 5.75 Å². The van der Waals surface area contributed by atoms with Gasteiger partial charge in [-0.3, -0.25) is 10.1 Å². The van der Waals surface area contributed by atoms with Crippen LogP contribution in [0.1, 0.15) is 10.4 Å². The first-order valence-corrected chi connectivity index (χ1v) is 8.41. The summed E-state index contributed by atoms with van der Waals surface area (Å²) in [4.78, 5) is 16.0. The van der Waals surface area contributed by atoms with Crippen LogP contribution < -0.4 is 11.1 Å². The third-order valence-electron chi connectivity index (χ3n) is 2.97. The van der Waals surface area contributed by atoms with Crippen molar-refractivity contribution in [3.63, 3.8) is 0 Å². The summed E-state index contributed by atoms with van der Waals surface area (Å²) in [5, 5.41) is 20.2. The average Bonchev–Trinajstić information content (AvgIpc) is 2.99. The number of aromatic nitrogens is 1. The summed E-state index contributed by atoms with van der Waals surface area (Å²) < 4.78 is 27.0. The third-order valence-corrected chi connectivity index (χ3v) is 4.12. The molecule has 26 heavy (non-hydrogen) atoms. The maximum absolute atomic E-state index is 13.6. The van der Waals surface area contributed by atoms with Gasteiger partial charge < -0.3 is 15.9 Å². The van der Waals surface area contributed by atoms with Crippen LogP contribution in [-0.2, 0) is 0 Å². The second-order valence-electron chi connectivity index (χ2n) is 4.88. The second-order valence-corrected chi connectivity index (χ2v) is 6.35. The van der Waals surface area contributed by atoms with Gasteiger partial charge in [0.15, 0.2) is 10.9 Å². The third kappa shape index (κ3) is 4.85. The minimum atomic E-state index is -0.808. The van der Waals surface area contributed by atoms with E-state index < -0.39 is 17.5 Å². The zero-order chi connectivity index (χ0) is 19.3. The molecule has 3 rings (SSSR count). The number of hydrogen-bond acceptors (Lipinski definition) is 6. The van der Waals surface area contributed by atoms with Crippen LogP contribution in [0.5, 0.6) is 5.75 Å². The van der Waals surface area contributed by atoms with Crippen LogP contribution in [0.25, 0.3) is 10.2 Å². The SMILES string of the molecule is NCCO.O=C(Nc1nc2c(F)cc(F)cc2s1)c1cc(Cl)ccc1O. The van der Waals surface area contributed by atoms with Crippen LogP contribution in [0.4, 0.5) is 13.9 Å². The van der Waals surface area contributed by atoms with Gasteiger partial charge in [0.25, 0.3) is 5.91 Å². The van der Waals surface area contributed by atoms with Crippen LogP contribution in [0, 0.1) is 11.6 Å². The highest BCUT2D eigenvalue weighted by atomic mass is 35.5. The largest absolute Gasteiger partial charge is 0.507 e. The number of phenolic OH excluding ortho intramolecular Hbond substituents is 1. The number of phenols is 1. The van der Waals surface area contributed by atoms with Gasteiger partial charge in [-0.15, -0.1) is 0 Å². The standard InChI is InChI=1S/C14H7ClF2N2O2S.C2H7NO/c15-6-1-2-10(20)8(3-6)13(21)19-14-18-12-9(17)4-7(16)5-11(12)22-14;3-1-2-4/h1-5,20H,(H,18,19,21);4H,1-3H2. The number of carbonyl (C=O) groups is 1. The Morgan fingerprint density at radius 2 is 2.00 bits per heavy atom. The Balaban J connectivity index is 0.000000552. The molecular formula is C16H14ClF2N3O3S. The van der Waals surface area contributed by atoms with Crippen molar-refractivity contribution < 1.29 is 23.8 Å². The highest BCUT2D eigenvalue weighted by Crippen LogP contribution is 2.30. The molecule has 0 saturated heterocycles. The highest BCUT2D eigenvalue weighted by molar-refractivity contribution is 7.22. The lowest BCUT2D eigenvalue weighted by Gasteiger charge is -2.04. The number of benzene rings is 2. The molecular weight excluding hydrogens is 388 g/mol. The minimum Gasteiger partial charge on any atom is -0.507 e. The fourth-order valence-electron chi connectivity index (χ4n) is 1.87. The van der Waals surface area contributed by atoms with Gasteiger partial charge in [0, 0.05) is 17.6 Å². The number of aliphatic hydroxyl groups is 1. The number of amides is 1. The number of nitrogens with two attached hydrogens (primary N) is 1. The lowest BCUT2D eigenvalue weighted by atomic mass is 10.2. The molecule has 0 fully saturated rings. The molecule has 1 heterocycles. The van der Waals surface area contributed by atoms with Crippen molar-refractivity contribution in [2.24, 2.45) is 5.73 Å². The van der Waals surface area contributed by atoms with Crippen LogP contribution in [0.2, 0.25) is 5.02 Å². The molecule has 2 aromatic carbocycles. The van der Waals surface area contributed by atoms with Crippen molar-refractivity contribution in [3.05, 3.63) is 52.6 Å². The number of fused-ring (bicyclic) bond motifs is 1. The van der Waals surface area contributed by atoms with Crippen molar-refractivity contribution >= 4 is 44.2 Å². The Morgan fingerprint density at radius 3 is 2.65 bits per heavy atom. The quantitative estimate of drug-likeness (QED) is 0.539. The minimum absolute atomic E-state index is 0.0305. The molecule has 0 saturated carbocycles. The van der Waals surface area contributed by atoms with E-state index in [-0.39, 0.29) is 38.3 Å². The van der Waals surface area contributed by atoms with E-state index in [0.717, 1.165) is 23.5 Å². The molecule has 1 aromatic heterocycles. The molecule has 0 unspecified atom stereocenters. The maximum atomic E-state index is 13.6. The Morgan fingerprint density at radius 1 is 1.31 bits per heavy atom. The summed E-state index contributed by atoms with van der Waals surface area (Å²) in [6.07, 6.45) is 0. The van der Waals surface area contributed by atoms with E-state index in [1.54, 1.807) is 0 Å². The summed E-state index contributed by atoms with van der Waals surface area (Å²) in [6.45, 7) is 0.472. The molecule has 0 aliphatic heterocycles. The summed E-state index contributed by atoms with van der Waals surface area (Å²) in [5.41, 5.74) is 4.70. The predicted octanol–water partition coefficient (Wildman–Crippen LogP) is 3.12. The number of thiazole rings is 1. The number of aromatic hydroxyl groups is 1. The van der Waals surface area contributed by atoms with Crippen molar-refractivity contribution in [1.29, 1.82) is 0 Å². The topological polar surface area (TPSA) is 108 Å². The van der Waals surface area contributed by atoms with E-state index in [4.69, 9.17) is 22.4 Å². The molecule has 0 bridgehead atoms. The van der Waals surface area contributed by atoms with Crippen LogP contribution >= 0.6 is 22.9 Å². The first-order chi connectivity index (χ1) is 12.3. The van der Waals surface area contributed by atoms with Crippen molar-refractivity contribution in [1.82, 2.24) is 4.98 Å². The number of rotatable bonds is 3. The van der Waals surface area contributed by atoms with E-state index >= 15 is 0 Å². The van der Waals surface area contributed by atoms with Gasteiger partial charge in [-0.1, -0.05) is 22.9 Å². The summed E-state index contributed by atoms with van der Waals surface area (Å²) in [6, 6.07) is 5.85. The molecule has 5 N–H and O–H groups in total. The van der Waals surface area contributed by atoms with Crippen LogP contribution in [0.15, 0.2) is 30.3 Å². The van der Waals surface area contributed by atoms with E-state index in [2.05, 4.69) is 10.3 Å². The first kappa shape index (κ1) is 20.0. The van der Waals surface area contributed by atoms with E-state index in [9.17, 15) is 18.7 Å². The lowest BCUT2D eigenvalue weighted by Crippen LogP contribution is -2.11. The summed E-state index contributed by atoms with van der Waals surface area (Å²) in [7, 11) is 0. The Kier molecular flexibility index (Phi) is 6.81. The molecule has 10 heteroatoms. The van der Waals surface area contributed by atoms with Gasteiger partial charge in [-0.2, -0.15) is 0 Å². The monoisotopic (exact) mass is 401 g/mol. The van der Waals surface area contributed by atoms with Crippen molar-refractivity contribution in [2.45, 2.75) is 0 Å². The number of aliphatic hydroxyl groups excluding tert-OH is 1. The summed E-state index contributed by atoms with van der Waals surface area (Å²) in [5.74, 6) is -2.43. The number of hydrogen-bond donors (Lipinski definition) is 4. The van der Waals surface area contributed by atoms with Crippen LogP contribution in [0.3, 0.4) is 0 Å². The number of carbonyl (C=O) groups excluding carboxylic acids is 1. The molecule has 1 amide bonds. The highest BCUT2D eigenvalue weighted by Gasteiger charge is 2.16. The molecule has 0 atom stereocenters. The molecule has 0 aliphatic carbocycles. The Hall–Kier alpha value is -2.33. The second kappa shape index (κ2) is 8.86. The smallest absolute Gasteiger partial charge is 0.261 e. The predicted molar refractivity (Wildman–Crippen MR) is 96.7 cm³/mol. The number of halogens is 3. The average molecular weight is 402 g/mol. The molecule has 0 radical (unpaired) electrons. The fraction of sp³-hybridized carbons (Fsp3) is 0.125. The van der Waals surface area contributed by atoms with Gasteiger partial charge in [-0.25, -0.2) is 13.8 Å². The zero-order valence-corrected chi connectivity index (χ0v) is 14.7. The van der Waals surface area contributed by atoms with Gasteiger partial charge >= 0.3 is 0 Å². The number of anilines is 1. The molecule has 138 valence electrons. The lowest BCUT2D eigenvalue weighted by molar-refractivity contribution is 0.102. The Bertz CT molecular complexity index is 934. The normalized spacial score (nSPS) is 10.3. The van der Waals surface area contributed by atoms with Gasteiger partial charge in [0.2, 0.25) is 0 Å². The zero-order valence-electron chi connectivity index (χ0n) is 13.2. The Labute approximate surface area is 155 Å². The number of nitrogens with zero attached hydrogens (tertiary/aromatic N) is 1. The van der Waals surface area contributed by atoms with Gasteiger partial charge in [-0.05, 0) is 24.3 Å². The molecule has 3 aromatic rings. The first-order valence-electron chi connectivity index (χ1n) is 7.22. The van der Waals surface area contributed by atoms with E-state index in [0.29, 0.717) is 6.54 Å². The maximum Gasteiger partial charge on any atom is 0.261 e. The van der Waals surface area contributed by atoms with Gasteiger partial charge in [0.1, 0.15) is 17.1 Å². The van der Waals surface area contributed by atoms with E-state index in [1.165, 1.54) is 18.2 Å². The van der Waals surface area contributed by atoms with Crippen molar-refractivity contribution in [2.75, 3.05) is 18.5 Å². The molecule has 6 nitrogen and oxygen atoms in total. The molecule has 0 spiro atoms. The fourth-order valence-corrected chi connectivity index (χ4v) is 2.94. The van der Waals surface area contributed by atoms with E-state index in [1.807, 2.05) is 0 Å². The summed E-state index contributed by atoms with van der Waals surface area (Å²) >= 11 is 6.69. The molecule has 0 aliphatic rings.